The monoisotopic (exact) mass is 352 g/mol. The Kier molecular flexibility index (Phi) is 5.03. The first kappa shape index (κ1) is 17.7. The molecule has 0 N–H and O–H groups in total. The lowest BCUT2D eigenvalue weighted by molar-refractivity contribution is -0.0689. The zero-order valence-electron chi connectivity index (χ0n) is 13.7. The molecule has 0 bridgehead atoms. The van der Waals surface area contributed by atoms with Crippen LogP contribution in [0.2, 0.25) is 0 Å². The second kappa shape index (κ2) is 7.40. The summed E-state index contributed by atoms with van der Waals surface area (Å²) in [6, 6.07) is 23.4. The van der Waals surface area contributed by atoms with Crippen LogP contribution in [0.25, 0.3) is 16.7 Å². The summed E-state index contributed by atoms with van der Waals surface area (Å²) < 4.78 is 40.0. The molecule has 0 atom stereocenters. The Morgan fingerprint density at radius 2 is 1.15 bits per heavy atom. The van der Waals surface area contributed by atoms with Crippen molar-refractivity contribution in [1.29, 1.82) is 0 Å². The van der Waals surface area contributed by atoms with Gasteiger partial charge in [0.15, 0.2) is 5.78 Å². The molecule has 0 saturated carbocycles. The smallest absolute Gasteiger partial charge is 0.289 e. The van der Waals surface area contributed by atoms with E-state index in [0.717, 1.165) is 11.1 Å². The summed E-state index contributed by atoms with van der Waals surface area (Å²) in [7, 11) is 0. The van der Waals surface area contributed by atoms with E-state index >= 15 is 0 Å². The lowest BCUT2D eigenvalue weighted by atomic mass is 9.99. The number of carbonyl (C=O) groups excluding carboxylic acids is 1. The van der Waals surface area contributed by atoms with Gasteiger partial charge in [-0.25, -0.2) is 0 Å². The van der Waals surface area contributed by atoms with Gasteiger partial charge in [-0.2, -0.15) is 13.2 Å². The van der Waals surface area contributed by atoms with E-state index in [2.05, 4.69) is 0 Å². The molecular formula is C22H15F3O. The van der Waals surface area contributed by atoms with E-state index in [1.165, 1.54) is 24.3 Å². The molecule has 0 unspecified atom stereocenters. The first-order chi connectivity index (χ1) is 12.4. The van der Waals surface area contributed by atoms with Crippen molar-refractivity contribution in [2.45, 2.75) is 6.18 Å². The fourth-order valence-electron chi connectivity index (χ4n) is 2.62. The molecular weight excluding hydrogens is 337 g/mol. The number of hydrogen-bond acceptors (Lipinski definition) is 1. The maximum absolute atomic E-state index is 13.3. The molecule has 26 heavy (non-hydrogen) atoms. The molecule has 3 rings (SSSR count). The quantitative estimate of drug-likeness (QED) is 0.405. The lowest BCUT2D eigenvalue weighted by Crippen LogP contribution is -2.12. The SMILES string of the molecule is O=C(/C=C(\c1ccccc1)C(F)(F)F)c1ccc(-c2ccccc2)cc1. The van der Waals surface area contributed by atoms with Gasteiger partial charge in [-0.3, -0.25) is 4.79 Å². The van der Waals surface area contributed by atoms with Crippen LogP contribution in [0.1, 0.15) is 15.9 Å². The number of alkyl halides is 3. The number of halogens is 3. The van der Waals surface area contributed by atoms with E-state index in [-0.39, 0.29) is 11.1 Å². The van der Waals surface area contributed by atoms with Crippen molar-refractivity contribution in [3.63, 3.8) is 0 Å². The molecule has 0 aliphatic heterocycles. The third kappa shape index (κ3) is 4.09. The minimum Gasteiger partial charge on any atom is -0.289 e. The van der Waals surface area contributed by atoms with E-state index in [4.69, 9.17) is 0 Å². The number of rotatable bonds is 4. The highest BCUT2D eigenvalue weighted by Crippen LogP contribution is 2.34. The van der Waals surface area contributed by atoms with E-state index in [1.54, 1.807) is 30.3 Å². The topological polar surface area (TPSA) is 17.1 Å². The van der Waals surface area contributed by atoms with E-state index in [1.807, 2.05) is 30.3 Å². The molecule has 0 amide bonds. The summed E-state index contributed by atoms with van der Waals surface area (Å²) in [6.45, 7) is 0. The van der Waals surface area contributed by atoms with Gasteiger partial charge in [-0.05, 0) is 22.8 Å². The van der Waals surface area contributed by atoms with E-state index < -0.39 is 17.5 Å². The molecule has 130 valence electrons. The van der Waals surface area contributed by atoms with Crippen LogP contribution in [0.4, 0.5) is 13.2 Å². The average molecular weight is 352 g/mol. The lowest BCUT2D eigenvalue weighted by Gasteiger charge is -2.12. The first-order valence-electron chi connectivity index (χ1n) is 7.99. The molecule has 0 aliphatic rings. The van der Waals surface area contributed by atoms with Crippen LogP contribution in [0.3, 0.4) is 0 Å². The molecule has 0 radical (unpaired) electrons. The molecule has 3 aromatic carbocycles. The Morgan fingerprint density at radius 1 is 0.654 bits per heavy atom. The predicted molar refractivity (Wildman–Crippen MR) is 96.7 cm³/mol. The second-order valence-corrected chi connectivity index (χ2v) is 5.73. The third-order valence-electron chi connectivity index (χ3n) is 3.94. The van der Waals surface area contributed by atoms with Crippen LogP contribution in [-0.2, 0) is 0 Å². The number of allylic oxidation sites excluding steroid dienone is 2. The molecule has 0 spiro atoms. The van der Waals surface area contributed by atoms with E-state index in [9.17, 15) is 18.0 Å². The predicted octanol–water partition coefficient (Wildman–Crippen LogP) is 6.18. The van der Waals surface area contributed by atoms with Gasteiger partial charge in [0.25, 0.3) is 0 Å². The fourth-order valence-corrected chi connectivity index (χ4v) is 2.62. The number of benzene rings is 3. The van der Waals surface area contributed by atoms with Gasteiger partial charge in [-0.15, -0.1) is 0 Å². The largest absolute Gasteiger partial charge is 0.417 e. The molecule has 3 aromatic rings. The Balaban J connectivity index is 1.91. The van der Waals surface area contributed by atoms with Crippen LogP contribution in [-0.4, -0.2) is 12.0 Å². The van der Waals surface area contributed by atoms with Gasteiger partial charge in [0.05, 0.1) is 5.57 Å². The van der Waals surface area contributed by atoms with Crippen LogP contribution in [0.15, 0.2) is 91.0 Å². The molecule has 0 heterocycles. The summed E-state index contributed by atoms with van der Waals surface area (Å²) in [5, 5.41) is 0. The maximum Gasteiger partial charge on any atom is 0.417 e. The summed E-state index contributed by atoms with van der Waals surface area (Å²) >= 11 is 0. The van der Waals surface area contributed by atoms with Gasteiger partial charge in [-0.1, -0.05) is 84.9 Å². The Labute approximate surface area is 149 Å². The molecule has 0 fully saturated rings. The van der Waals surface area contributed by atoms with Crippen molar-refractivity contribution >= 4 is 11.4 Å². The van der Waals surface area contributed by atoms with Crippen LogP contribution in [0.5, 0.6) is 0 Å². The Hall–Kier alpha value is -3.14. The zero-order valence-corrected chi connectivity index (χ0v) is 13.7. The fraction of sp³-hybridized carbons (Fsp3) is 0.0455. The molecule has 4 heteroatoms. The van der Waals surface area contributed by atoms with Crippen LogP contribution < -0.4 is 0 Å². The number of ketones is 1. The van der Waals surface area contributed by atoms with Gasteiger partial charge in [0.1, 0.15) is 0 Å². The zero-order chi connectivity index (χ0) is 18.6. The van der Waals surface area contributed by atoms with Crippen molar-refractivity contribution in [2.24, 2.45) is 0 Å². The van der Waals surface area contributed by atoms with Crippen LogP contribution >= 0.6 is 0 Å². The number of hydrogen-bond donors (Lipinski definition) is 0. The summed E-state index contributed by atoms with van der Waals surface area (Å²) in [5.41, 5.74) is 1.10. The number of carbonyl (C=O) groups is 1. The highest BCUT2D eigenvalue weighted by atomic mass is 19.4. The maximum atomic E-state index is 13.3. The van der Waals surface area contributed by atoms with Crippen molar-refractivity contribution < 1.29 is 18.0 Å². The van der Waals surface area contributed by atoms with Gasteiger partial charge in [0.2, 0.25) is 0 Å². The van der Waals surface area contributed by atoms with Crippen molar-refractivity contribution in [1.82, 2.24) is 0 Å². The van der Waals surface area contributed by atoms with Crippen molar-refractivity contribution in [3.8, 4) is 11.1 Å². The summed E-state index contributed by atoms with van der Waals surface area (Å²) in [6.07, 6.45) is -3.95. The van der Waals surface area contributed by atoms with E-state index in [0.29, 0.717) is 6.08 Å². The molecule has 1 nitrogen and oxygen atoms in total. The molecule has 0 aliphatic carbocycles. The van der Waals surface area contributed by atoms with Crippen molar-refractivity contribution in [3.05, 3.63) is 102 Å². The highest BCUT2D eigenvalue weighted by molar-refractivity contribution is 6.09. The Bertz CT molecular complexity index is 909. The van der Waals surface area contributed by atoms with Crippen LogP contribution in [0, 0.1) is 0 Å². The van der Waals surface area contributed by atoms with Gasteiger partial charge < -0.3 is 0 Å². The minimum atomic E-state index is -4.61. The Morgan fingerprint density at radius 3 is 1.69 bits per heavy atom. The first-order valence-corrected chi connectivity index (χ1v) is 7.99. The summed E-state index contributed by atoms with van der Waals surface area (Å²) in [4.78, 5) is 12.3. The normalized spacial score (nSPS) is 12.0. The standard InChI is InChI=1S/C22H15F3O/c23-22(24,25)20(18-9-5-2-6-10-18)15-21(26)19-13-11-17(12-14-19)16-7-3-1-4-8-16/h1-15H/b20-15+. The van der Waals surface area contributed by atoms with Gasteiger partial charge in [0, 0.05) is 5.56 Å². The third-order valence-corrected chi connectivity index (χ3v) is 3.94. The van der Waals surface area contributed by atoms with Gasteiger partial charge >= 0.3 is 6.18 Å². The molecule has 0 saturated heterocycles. The van der Waals surface area contributed by atoms with Crippen molar-refractivity contribution in [2.75, 3.05) is 0 Å². The average Bonchev–Trinajstić information content (AvgIpc) is 2.66. The summed E-state index contributed by atoms with van der Waals surface area (Å²) in [5.74, 6) is -0.680. The second-order valence-electron chi connectivity index (χ2n) is 5.73. The minimum absolute atomic E-state index is 0.0331. The molecule has 0 aromatic heterocycles. The highest BCUT2D eigenvalue weighted by Gasteiger charge is 2.35.